The van der Waals surface area contributed by atoms with E-state index in [9.17, 15) is 9.59 Å². The van der Waals surface area contributed by atoms with Crippen LogP contribution in [0.1, 0.15) is 57.2 Å². The quantitative estimate of drug-likeness (QED) is 0.307. The molecule has 1 aliphatic rings. The smallest absolute Gasteiger partial charge is 0.272 e. The number of hydrogen-bond acceptors (Lipinski definition) is 7. The molecule has 1 aliphatic heterocycles. The number of anilines is 2. The third kappa shape index (κ3) is 6.54. The van der Waals surface area contributed by atoms with Gasteiger partial charge in [-0.3, -0.25) is 14.6 Å². The summed E-state index contributed by atoms with van der Waals surface area (Å²) in [5.41, 5.74) is 3.01. The lowest BCUT2D eigenvalue weighted by Gasteiger charge is -2.33. The molecule has 4 aromatic rings. The largest absolute Gasteiger partial charge is 0.371 e. The number of carbonyl (C=O) groups excluding carboxylic acids is 2. The molecule has 0 aliphatic carbocycles. The van der Waals surface area contributed by atoms with Gasteiger partial charge in [0.1, 0.15) is 11.6 Å². The molecule has 0 spiro atoms. The second kappa shape index (κ2) is 12.5. The normalized spacial score (nSPS) is 13.7. The number of carbonyl (C=O) groups is 2. The summed E-state index contributed by atoms with van der Waals surface area (Å²) in [6.45, 7) is 7.90. The second-order valence-corrected chi connectivity index (χ2v) is 10.7. The molecule has 1 fully saturated rings. The number of piperidine rings is 1. The van der Waals surface area contributed by atoms with Crippen LogP contribution in [0.4, 0.5) is 11.5 Å². The topological polar surface area (TPSA) is 118 Å². The molecule has 10 nitrogen and oxygen atoms in total. The van der Waals surface area contributed by atoms with Crippen LogP contribution in [0.25, 0.3) is 5.82 Å². The predicted molar refractivity (Wildman–Crippen MR) is 159 cm³/mol. The molecule has 0 radical (unpaired) electrons. The zero-order chi connectivity index (χ0) is 28.9. The molecule has 0 atom stereocenters. The first-order chi connectivity index (χ1) is 19.8. The Morgan fingerprint density at radius 1 is 1.00 bits per heavy atom. The molecule has 1 aromatic carbocycles. The zero-order valence-electron chi connectivity index (χ0n) is 23.4. The SMILES string of the molecule is Cc1cc(-n2nc(C(=O)NCCC3CCN(c4ccncc4)CC3)c(C)c2NC(=O)c2ccccc2Cl)nc(C)n1. The van der Waals surface area contributed by atoms with Gasteiger partial charge in [-0.25, -0.2) is 9.97 Å². The van der Waals surface area contributed by atoms with E-state index in [4.69, 9.17) is 11.6 Å². The first kappa shape index (κ1) is 28.2. The molecule has 41 heavy (non-hydrogen) atoms. The highest BCUT2D eigenvalue weighted by molar-refractivity contribution is 6.34. The third-order valence-corrected chi connectivity index (χ3v) is 7.67. The van der Waals surface area contributed by atoms with Gasteiger partial charge < -0.3 is 15.5 Å². The van der Waals surface area contributed by atoms with Crippen molar-refractivity contribution in [1.29, 1.82) is 0 Å². The molecule has 0 saturated carbocycles. The molecule has 11 heteroatoms. The maximum atomic E-state index is 13.3. The Morgan fingerprint density at radius 2 is 1.73 bits per heavy atom. The summed E-state index contributed by atoms with van der Waals surface area (Å²) < 4.78 is 1.48. The van der Waals surface area contributed by atoms with Gasteiger partial charge in [0, 0.05) is 55.0 Å². The minimum absolute atomic E-state index is 0.223. The van der Waals surface area contributed by atoms with E-state index in [0.717, 1.165) is 38.0 Å². The molecule has 5 rings (SSSR count). The number of rotatable bonds is 8. The maximum Gasteiger partial charge on any atom is 0.272 e. The summed E-state index contributed by atoms with van der Waals surface area (Å²) in [7, 11) is 0. The van der Waals surface area contributed by atoms with Crippen molar-refractivity contribution in [3.8, 4) is 5.82 Å². The third-order valence-electron chi connectivity index (χ3n) is 7.34. The molecule has 3 aromatic heterocycles. The van der Waals surface area contributed by atoms with Gasteiger partial charge in [-0.15, -0.1) is 0 Å². The summed E-state index contributed by atoms with van der Waals surface area (Å²) >= 11 is 6.27. The van der Waals surface area contributed by atoms with E-state index in [2.05, 4.69) is 35.6 Å². The molecule has 212 valence electrons. The van der Waals surface area contributed by atoms with Crippen molar-refractivity contribution in [2.24, 2.45) is 5.92 Å². The van der Waals surface area contributed by atoms with Gasteiger partial charge in [0.15, 0.2) is 11.5 Å². The van der Waals surface area contributed by atoms with E-state index in [0.29, 0.717) is 46.1 Å². The highest BCUT2D eigenvalue weighted by Crippen LogP contribution is 2.26. The monoisotopic (exact) mass is 572 g/mol. The van der Waals surface area contributed by atoms with Gasteiger partial charge >= 0.3 is 0 Å². The van der Waals surface area contributed by atoms with E-state index in [1.54, 1.807) is 44.2 Å². The van der Waals surface area contributed by atoms with Crippen LogP contribution in [0.3, 0.4) is 0 Å². The van der Waals surface area contributed by atoms with Crippen LogP contribution in [-0.2, 0) is 0 Å². The number of amides is 2. The number of halogens is 1. The van der Waals surface area contributed by atoms with Crippen LogP contribution in [0.5, 0.6) is 0 Å². The minimum Gasteiger partial charge on any atom is -0.371 e. The summed E-state index contributed by atoms with van der Waals surface area (Å²) in [6.07, 6.45) is 6.66. The summed E-state index contributed by atoms with van der Waals surface area (Å²) in [6, 6.07) is 12.6. The predicted octanol–water partition coefficient (Wildman–Crippen LogP) is 4.92. The number of pyridine rings is 1. The molecule has 2 amide bonds. The highest BCUT2D eigenvalue weighted by atomic mass is 35.5. The van der Waals surface area contributed by atoms with Crippen LogP contribution < -0.4 is 15.5 Å². The van der Waals surface area contributed by atoms with Gasteiger partial charge in [0.05, 0.1) is 10.6 Å². The maximum absolute atomic E-state index is 13.3. The van der Waals surface area contributed by atoms with Crippen LogP contribution in [0.15, 0.2) is 54.9 Å². The summed E-state index contributed by atoms with van der Waals surface area (Å²) in [4.78, 5) is 41.8. The van der Waals surface area contributed by atoms with Crippen molar-refractivity contribution in [2.75, 3.05) is 29.9 Å². The molecular formula is C30H33ClN8O2. The molecule has 2 N–H and O–H groups in total. The molecule has 0 unspecified atom stereocenters. The average molecular weight is 573 g/mol. The molecule has 4 heterocycles. The lowest BCUT2D eigenvalue weighted by atomic mass is 9.93. The van der Waals surface area contributed by atoms with Crippen molar-refractivity contribution in [3.63, 3.8) is 0 Å². The van der Waals surface area contributed by atoms with Crippen LogP contribution in [0.2, 0.25) is 5.02 Å². The first-order valence-corrected chi connectivity index (χ1v) is 14.1. The lowest BCUT2D eigenvalue weighted by Crippen LogP contribution is -2.35. The standard InChI is InChI=1S/C30H33ClN8O2/c1-19-18-26(35-21(3)34-19)39-28(36-29(40)24-6-4-5-7-25(24)31)20(2)27(37-39)30(41)33-15-8-22-11-16-38(17-12-22)23-9-13-32-14-10-23/h4-7,9-10,13-14,18,22H,8,11-12,15-17H2,1-3H3,(H,33,41)(H,36,40). The number of nitrogens with zero attached hydrogens (tertiary/aromatic N) is 6. The average Bonchev–Trinajstić information content (AvgIpc) is 3.29. The van der Waals surface area contributed by atoms with Crippen LogP contribution >= 0.6 is 11.6 Å². The minimum atomic E-state index is -0.410. The number of aryl methyl sites for hydroxylation is 2. The Labute approximate surface area is 244 Å². The Bertz CT molecular complexity index is 1530. The highest BCUT2D eigenvalue weighted by Gasteiger charge is 2.25. The Kier molecular flexibility index (Phi) is 8.58. The fourth-order valence-electron chi connectivity index (χ4n) is 5.16. The van der Waals surface area contributed by atoms with Crippen LogP contribution in [0, 0.1) is 26.7 Å². The van der Waals surface area contributed by atoms with E-state index in [1.165, 1.54) is 10.4 Å². The van der Waals surface area contributed by atoms with E-state index in [-0.39, 0.29) is 11.6 Å². The van der Waals surface area contributed by atoms with Crippen molar-refractivity contribution in [1.82, 2.24) is 30.0 Å². The van der Waals surface area contributed by atoms with E-state index >= 15 is 0 Å². The van der Waals surface area contributed by atoms with Crippen LogP contribution in [-0.4, -0.2) is 56.2 Å². The zero-order valence-corrected chi connectivity index (χ0v) is 24.1. The first-order valence-electron chi connectivity index (χ1n) is 13.7. The van der Waals surface area contributed by atoms with Gasteiger partial charge in [0.25, 0.3) is 11.8 Å². The fourth-order valence-corrected chi connectivity index (χ4v) is 5.38. The van der Waals surface area contributed by atoms with Gasteiger partial charge in [-0.2, -0.15) is 9.78 Å². The van der Waals surface area contributed by atoms with Crippen molar-refractivity contribution in [2.45, 2.75) is 40.0 Å². The Balaban J connectivity index is 1.29. The Hall–Kier alpha value is -4.31. The van der Waals surface area contributed by atoms with Crippen molar-refractivity contribution < 1.29 is 9.59 Å². The lowest BCUT2D eigenvalue weighted by molar-refractivity contribution is 0.0943. The number of hydrogen-bond donors (Lipinski definition) is 2. The van der Waals surface area contributed by atoms with Crippen molar-refractivity contribution in [3.05, 3.63) is 88.2 Å². The molecule has 1 saturated heterocycles. The van der Waals surface area contributed by atoms with Gasteiger partial charge in [-0.1, -0.05) is 23.7 Å². The van der Waals surface area contributed by atoms with Gasteiger partial charge in [-0.05, 0) is 70.2 Å². The van der Waals surface area contributed by atoms with Gasteiger partial charge in [0.2, 0.25) is 0 Å². The molecular weight excluding hydrogens is 540 g/mol. The van der Waals surface area contributed by atoms with Crippen molar-refractivity contribution >= 4 is 34.9 Å². The summed E-state index contributed by atoms with van der Waals surface area (Å²) in [5.74, 6) is 1.18. The fraction of sp³-hybridized carbons (Fsp3) is 0.333. The molecule has 0 bridgehead atoms. The van der Waals surface area contributed by atoms with E-state index < -0.39 is 5.91 Å². The number of nitrogens with one attached hydrogen (secondary N) is 2. The number of benzene rings is 1. The number of aromatic nitrogens is 5. The Morgan fingerprint density at radius 3 is 2.44 bits per heavy atom. The van der Waals surface area contributed by atoms with E-state index in [1.807, 2.05) is 31.5 Å². The summed E-state index contributed by atoms with van der Waals surface area (Å²) in [5, 5.41) is 10.9. The second-order valence-electron chi connectivity index (χ2n) is 10.3.